The third-order valence-corrected chi connectivity index (χ3v) is 4.02. The van der Waals surface area contributed by atoms with Crippen LogP contribution in [0.2, 0.25) is 0 Å². The van der Waals surface area contributed by atoms with Crippen molar-refractivity contribution < 1.29 is 9.66 Å². The Hall–Kier alpha value is -3.67. The molecular weight excluding hydrogens is 342 g/mol. The molecule has 3 aromatic rings. The molecule has 6 nitrogen and oxygen atoms in total. The predicted molar refractivity (Wildman–Crippen MR) is 106 cm³/mol. The van der Waals surface area contributed by atoms with E-state index in [0.29, 0.717) is 18.0 Å². The van der Waals surface area contributed by atoms with Gasteiger partial charge in [-0.1, -0.05) is 42.5 Å². The summed E-state index contributed by atoms with van der Waals surface area (Å²) in [7, 11) is 0. The van der Waals surface area contributed by atoms with Crippen molar-refractivity contribution in [3.05, 3.63) is 99.6 Å². The highest BCUT2D eigenvalue weighted by molar-refractivity contribution is 5.84. The molecule has 0 unspecified atom stereocenters. The number of hydrogen-bond acceptors (Lipinski definition) is 5. The van der Waals surface area contributed by atoms with E-state index in [1.807, 2.05) is 42.5 Å². The number of aryl methyl sites for hydroxylation is 1. The van der Waals surface area contributed by atoms with Crippen molar-refractivity contribution in [2.45, 2.75) is 13.5 Å². The monoisotopic (exact) mass is 361 g/mol. The van der Waals surface area contributed by atoms with Crippen molar-refractivity contribution >= 4 is 17.6 Å². The van der Waals surface area contributed by atoms with Gasteiger partial charge in [0.1, 0.15) is 12.4 Å². The number of anilines is 1. The molecule has 0 aromatic heterocycles. The van der Waals surface area contributed by atoms with Gasteiger partial charge in [0.25, 0.3) is 5.69 Å². The summed E-state index contributed by atoms with van der Waals surface area (Å²) in [6.07, 6.45) is 1.63. The van der Waals surface area contributed by atoms with E-state index in [-0.39, 0.29) is 5.69 Å². The molecule has 0 bridgehead atoms. The summed E-state index contributed by atoms with van der Waals surface area (Å²) in [6.45, 7) is 2.52. The zero-order valence-corrected chi connectivity index (χ0v) is 14.8. The molecule has 0 saturated heterocycles. The Labute approximate surface area is 157 Å². The highest BCUT2D eigenvalue weighted by Crippen LogP contribution is 2.20. The number of benzene rings is 3. The maximum absolute atomic E-state index is 10.8. The van der Waals surface area contributed by atoms with E-state index < -0.39 is 4.92 Å². The highest BCUT2D eigenvalue weighted by atomic mass is 16.6. The average molecular weight is 361 g/mol. The van der Waals surface area contributed by atoms with Crippen LogP contribution in [0.4, 0.5) is 11.4 Å². The van der Waals surface area contributed by atoms with Crippen LogP contribution >= 0.6 is 0 Å². The second-order valence-corrected chi connectivity index (χ2v) is 5.93. The number of para-hydroxylation sites is 1. The summed E-state index contributed by atoms with van der Waals surface area (Å²) in [5.74, 6) is 0.713. The third kappa shape index (κ3) is 4.92. The molecule has 0 spiro atoms. The number of nitrogens with one attached hydrogen (secondary N) is 1. The zero-order chi connectivity index (χ0) is 19.1. The fourth-order valence-corrected chi connectivity index (χ4v) is 2.51. The van der Waals surface area contributed by atoms with Gasteiger partial charge in [-0.25, -0.2) is 0 Å². The van der Waals surface area contributed by atoms with Crippen molar-refractivity contribution in [1.29, 1.82) is 0 Å². The lowest BCUT2D eigenvalue weighted by Crippen LogP contribution is -2.00. The number of hydrazone groups is 1. The summed E-state index contributed by atoms with van der Waals surface area (Å²) in [6, 6.07) is 21.8. The second kappa shape index (κ2) is 8.62. The topological polar surface area (TPSA) is 76.8 Å². The molecule has 0 aliphatic heterocycles. The van der Waals surface area contributed by atoms with E-state index in [1.54, 1.807) is 18.3 Å². The minimum absolute atomic E-state index is 0.0113. The van der Waals surface area contributed by atoms with Crippen LogP contribution < -0.4 is 10.2 Å². The molecule has 136 valence electrons. The molecule has 0 aliphatic carbocycles. The Balaban J connectivity index is 1.68. The van der Waals surface area contributed by atoms with Gasteiger partial charge in [0.05, 0.1) is 16.8 Å². The van der Waals surface area contributed by atoms with E-state index in [1.165, 1.54) is 17.7 Å². The van der Waals surface area contributed by atoms with Crippen LogP contribution in [-0.2, 0) is 6.61 Å². The first-order valence-corrected chi connectivity index (χ1v) is 8.43. The number of rotatable bonds is 7. The van der Waals surface area contributed by atoms with Gasteiger partial charge in [-0.3, -0.25) is 15.5 Å². The molecule has 0 fully saturated rings. The van der Waals surface area contributed by atoms with Gasteiger partial charge in [0.2, 0.25) is 0 Å². The summed E-state index contributed by atoms with van der Waals surface area (Å²) in [5, 5.41) is 15.0. The fourth-order valence-electron chi connectivity index (χ4n) is 2.51. The summed E-state index contributed by atoms with van der Waals surface area (Å²) >= 11 is 0. The van der Waals surface area contributed by atoms with E-state index >= 15 is 0 Å². The van der Waals surface area contributed by atoms with E-state index in [0.717, 1.165) is 11.1 Å². The van der Waals surface area contributed by atoms with Crippen molar-refractivity contribution in [3.8, 4) is 5.75 Å². The normalized spacial score (nSPS) is 10.7. The zero-order valence-electron chi connectivity index (χ0n) is 14.8. The van der Waals surface area contributed by atoms with Crippen LogP contribution in [0, 0.1) is 17.0 Å². The number of nitrogens with zero attached hydrogens (tertiary/aromatic N) is 2. The van der Waals surface area contributed by atoms with Gasteiger partial charge in [0, 0.05) is 17.7 Å². The summed E-state index contributed by atoms with van der Waals surface area (Å²) in [5.41, 5.74) is 6.47. The van der Waals surface area contributed by atoms with Crippen molar-refractivity contribution in [1.82, 2.24) is 0 Å². The van der Waals surface area contributed by atoms with Gasteiger partial charge < -0.3 is 4.74 Å². The molecule has 0 heterocycles. The molecule has 0 amide bonds. The first-order chi connectivity index (χ1) is 13.1. The van der Waals surface area contributed by atoms with Gasteiger partial charge in [-0.2, -0.15) is 5.10 Å². The first-order valence-electron chi connectivity index (χ1n) is 8.43. The summed E-state index contributed by atoms with van der Waals surface area (Å²) < 4.78 is 5.95. The van der Waals surface area contributed by atoms with E-state index in [2.05, 4.69) is 23.5 Å². The number of hydrogen-bond donors (Lipinski definition) is 1. The molecule has 0 radical (unpaired) electrons. The van der Waals surface area contributed by atoms with Gasteiger partial charge in [-0.05, 0) is 36.2 Å². The molecule has 0 saturated carbocycles. The lowest BCUT2D eigenvalue weighted by molar-refractivity contribution is -0.384. The lowest BCUT2D eigenvalue weighted by Gasteiger charge is -2.10. The Bertz CT molecular complexity index is 970. The number of nitro benzene ring substituents is 1. The molecular formula is C21H19N3O3. The van der Waals surface area contributed by atoms with Crippen LogP contribution in [0.5, 0.6) is 5.75 Å². The average Bonchev–Trinajstić information content (AvgIpc) is 2.68. The number of ether oxygens (including phenoxy) is 1. The van der Waals surface area contributed by atoms with Crippen LogP contribution in [-0.4, -0.2) is 11.1 Å². The molecule has 3 rings (SSSR count). The van der Waals surface area contributed by atoms with Crippen LogP contribution in [0.1, 0.15) is 16.7 Å². The Kier molecular flexibility index (Phi) is 5.79. The van der Waals surface area contributed by atoms with Crippen LogP contribution in [0.3, 0.4) is 0 Å². The van der Waals surface area contributed by atoms with Crippen molar-refractivity contribution in [2.24, 2.45) is 5.10 Å². The maximum atomic E-state index is 10.8. The Morgan fingerprint density at radius 1 is 1.07 bits per heavy atom. The largest absolute Gasteiger partial charge is 0.488 e. The van der Waals surface area contributed by atoms with E-state index in [4.69, 9.17) is 4.74 Å². The minimum Gasteiger partial charge on any atom is -0.488 e. The van der Waals surface area contributed by atoms with Crippen molar-refractivity contribution in [2.75, 3.05) is 5.43 Å². The Morgan fingerprint density at radius 3 is 2.67 bits per heavy atom. The van der Waals surface area contributed by atoms with Crippen LogP contribution in [0.25, 0.3) is 0 Å². The molecule has 1 N–H and O–H groups in total. The highest BCUT2D eigenvalue weighted by Gasteiger charge is 2.05. The Morgan fingerprint density at radius 2 is 1.85 bits per heavy atom. The van der Waals surface area contributed by atoms with E-state index in [9.17, 15) is 10.1 Å². The molecule has 27 heavy (non-hydrogen) atoms. The van der Waals surface area contributed by atoms with Gasteiger partial charge in [0.15, 0.2) is 0 Å². The summed E-state index contributed by atoms with van der Waals surface area (Å²) in [4.78, 5) is 10.4. The minimum atomic E-state index is -0.441. The SMILES string of the molecule is Cc1ccccc1COc1ccccc1C=NNc1cccc([N+](=O)[O-])c1. The standard InChI is InChI=1S/C21H19N3O3/c1-16-7-2-3-9-18(16)15-27-21-12-5-4-8-17(21)14-22-23-19-10-6-11-20(13-19)24(25)26/h2-14,23H,15H2,1H3. The molecule has 0 atom stereocenters. The third-order valence-electron chi connectivity index (χ3n) is 4.02. The molecule has 0 aliphatic rings. The maximum Gasteiger partial charge on any atom is 0.271 e. The lowest BCUT2D eigenvalue weighted by atomic mass is 10.1. The quantitative estimate of drug-likeness (QED) is 0.368. The second-order valence-electron chi connectivity index (χ2n) is 5.93. The number of non-ortho nitro benzene ring substituents is 1. The van der Waals surface area contributed by atoms with Gasteiger partial charge >= 0.3 is 0 Å². The van der Waals surface area contributed by atoms with Gasteiger partial charge in [-0.15, -0.1) is 0 Å². The molecule has 3 aromatic carbocycles. The smallest absolute Gasteiger partial charge is 0.271 e. The fraction of sp³-hybridized carbons (Fsp3) is 0.0952. The van der Waals surface area contributed by atoms with Crippen LogP contribution in [0.15, 0.2) is 77.9 Å². The van der Waals surface area contributed by atoms with Crippen molar-refractivity contribution in [3.63, 3.8) is 0 Å². The molecule has 6 heteroatoms. The predicted octanol–water partition coefficient (Wildman–Crippen LogP) is 4.93. The number of nitro groups is 1. The first kappa shape index (κ1) is 18.1.